The Morgan fingerprint density at radius 3 is 2.63 bits per heavy atom. The molecule has 3 heterocycles. The Morgan fingerprint density at radius 2 is 1.89 bits per heavy atom. The number of carbonyl (C=O) groups is 1. The minimum Gasteiger partial charge on any atom is -0.418 e. The van der Waals surface area contributed by atoms with Gasteiger partial charge in [0.05, 0.1) is 17.9 Å². The maximum absolute atomic E-state index is 13.4. The minimum absolute atomic E-state index is 0.223. The van der Waals surface area contributed by atoms with Crippen molar-refractivity contribution in [1.29, 1.82) is 0 Å². The molecule has 2 aromatic carbocycles. The van der Waals surface area contributed by atoms with E-state index in [2.05, 4.69) is 20.3 Å². The number of nitrogens with zero attached hydrogens (tertiary/aromatic N) is 4. The first-order valence-electron chi connectivity index (χ1n) is 10.5. The molecule has 0 aliphatic rings. The highest BCUT2D eigenvalue weighted by atomic mass is 19.4. The fourth-order valence-electron chi connectivity index (χ4n) is 4.01. The summed E-state index contributed by atoms with van der Waals surface area (Å²) in [4.78, 5) is 26.3. The zero-order valence-electron chi connectivity index (χ0n) is 18.6. The summed E-state index contributed by atoms with van der Waals surface area (Å²) in [6.07, 6.45) is -3.03. The lowest BCUT2D eigenvalue weighted by Crippen LogP contribution is -2.24. The first kappa shape index (κ1) is 22.5. The number of fused-ring (bicyclic) bond motifs is 3. The van der Waals surface area contributed by atoms with Crippen LogP contribution in [0, 0.1) is 0 Å². The number of rotatable bonds is 5. The van der Waals surface area contributed by atoms with Crippen LogP contribution in [0.4, 0.5) is 19.0 Å². The summed E-state index contributed by atoms with van der Waals surface area (Å²) in [7, 11) is 3.55. The van der Waals surface area contributed by atoms with Crippen molar-refractivity contribution in [2.75, 3.05) is 12.4 Å². The van der Waals surface area contributed by atoms with Crippen molar-refractivity contribution in [2.24, 2.45) is 12.8 Å². The molecule has 11 heteroatoms. The molecular weight excluding hydrogens is 461 g/mol. The van der Waals surface area contributed by atoms with Gasteiger partial charge in [-0.2, -0.15) is 18.2 Å². The fourth-order valence-corrected chi connectivity index (χ4v) is 4.01. The van der Waals surface area contributed by atoms with Gasteiger partial charge in [0.1, 0.15) is 11.0 Å². The Morgan fingerprint density at radius 1 is 1.11 bits per heavy atom. The Balaban J connectivity index is 1.55. The molecule has 1 unspecified atom stereocenters. The summed E-state index contributed by atoms with van der Waals surface area (Å²) >= 11 is 0. The standard InChI is InChI=1S/C24H19F3N6O2/c1-29-21-17-19(33(2)11-30-17)18-23(32-21)35-22(31-18)13-7-5-6-12(10-13)16(28)20(34)14-8-3-4-9-15(14)24(25,26)27/h3-11,16H,28H2,1-2H3,(H,29,32). The molecule has 0 saturated heterocycles. The number of alkyl halides is 3. The number of Topliss-reactive ketones (excluding diaryl/α,β-unsaturated/α-hetero) is 1. The van der Waals surface area contributed by atoms with E-state index in [1.165, 1.54) is 12.1 Å². The lowest BCUT2D eigenvalue weighted by atomic mass is 9.94. The van der Waals surface area contributed by atoms with Crippen LogP contribution in [0.25, 0.3) is 33.7 Å². The average molecular weight is 480 g/mol. The van der Waals surface area contributed by atoms with Gasteiger partial charge in [0.15, 0.2) is 17.1 Å². The van der Waals surface area contributed by atoms with Gasteiger partial charge in [-0.3, -0.25) is 4.79 Å². The zero-order chi connectivity index (χ0) is 24.9. The number of oxazole rings is 1. The highest BCUT2D eigenvalue weighted by Gasteiger charge is 2.36. The number of pyridine rings is 1. The maximum Gasteiger partial charge on any atom is 0.417 e. The second-order valence-corrected chi connectivity index (χ2v) is 7.95. The van der Waals surface area contributed by atoms with Crippen LogP contribution in [0.3, 0.4) is 0 Å². The smallest absolute Gasteiger partial charge is 0.417 e. The molecule has 1 atom stereocenters. The predicted molar refractivity (Wildman–Crippen MR) is 124 cm³/mol. The topological polar surface area (TPSA) is 112 Å². The third kappa shape index (κ3) is 3.79. The lowest BCUT2D eigenvalue weighted by molar-refractivity contribution is -0.137. The van der Waals surface area contributed by atoms with Gasteiger partial charge in [0, 0.05) is 25.2 Å². The molecule has 5 aromatic rings. The van der Waals surface area contributed by atoms with Crippen molar-refractivity contribution in [3.05, 3.63) is 71.5 Å². The van der Waals surface area contributed by atoms with E-state index >= 15 is 0 Å². The molecule has 0 fully saturated rings. The van der Waals surface area contributed by atoms with Crippen LogP contribution < -0.4 is 11.1 Å². The van der Waals surface area contributed by atoms with Crippen LogP contribution in [0.5, 0.6) is 0 Å². The number of aryl methyl sites for hydroxylation is 1. The van der Waals surface area contributed by atoms with Crippen LogP contribution in [-0.2, 0) is 13.2 Å². The lowest BCUT2D eigenvalue weighted by Gasteiger charge is -2.16. The van der Waals surface area contributed by atoms with Crippen molar-refractivity contribution < 1.29 is 22.4 Å². The number of nitrogens with one attached hydrogen (secondary N) is 1. The third-order valence-electron chi connectivity index (χ3n) is 5.72. The predicted octanol–water partition coefficient (Wildman–Crippen LogP) is 4.72. The molecule has 3 aromatic heterocycles. The van der Waals surface area contributed by atoms with Crippen molar-refractivity contribution in [1.82, 2.24) is 19.5 Å². The number of carbonyl (C=O) groups excluding carboxylic acids is 1. The van der Waals surface area contributed by atoms with Gasteiger partial charge in [0.2, 0.25) is 5.89 Å². The molecule has 0 aliphatic carbocycles. The van der Waals surface area contributed by atoms with Gasteiger partial charge in [-0.25, -0.2) is 9.97 Å². The summed E-state index contributed by atoms with van der Waals surface area (Å²) in [6, 6.07) is 9.75. The molecule has 5 rings (SSSR count). The van der Waals surface area contributed by atoms with Crippen molar-refractivity contribution >= 4 is 33.9 Å². The number of imidazole rings is 1. The van der Waals surface area contributed by atoms with E-state index in [0.29, 0.717) is 28.0 Å². The quantitative estimate of drug-likeness (QED) is 0.350. The molecule has 3 N–H and O–H groups in total. The normalized spacial score (nSPS) is 12.9. The monoisotopic (exact) mass is 480 g/mol. The Labute approximate surface area is 196 Å². The fraction of sp³-hybridized carbons (Fsp3) is 0.167. The summed E-state index contributed by atoms with van der Waals surface area (Å²) in [5.74, 6) is -0.0921. The largest absolute Gasteiger partial charge is 0.418 e. The van der Waals surface area contributed by atoms with Gasteiger partial charge >= 0.3 is 6.18 Å². The minimum atomic E-state index is -4.68. The first-order chi connectivity index (χ1) is 16.7. The molecule has 0 saturated carbocycles. The van der Waals surface area contributed by atoms with Crippen LogP contribution in [0.15, 0.2) is 59.3 Å². The van der Waals surface area contributed by atoms with E-state index in [1.54, 1.807) is 42.2 Å². The summed E-state index contributed by atoms with van der Waals surface area (Å²) in [6.45, 7) is 0. The first-order valence-corrected chi connectivity index (χ1v) is 10.5. The summed E-state index contributed by atoms with van der Waals surface area (Å²) < 4.78 is 47.9. The van der Waals surface area contributed by atoms with E-state index in [-0.39, 0.29) is 11.6 Å². The van der Waals surface area contributed by atoms with Crippen molar-refractivity contribution in [2.45, 2.75) is 12.2 Å². The second-order valence-electron chi connectivity index (χ2n) is 7.95. The molecular formula is C24H19F3N6O2. The zero-order valence-corrected chi connectivity index (χ0v) is 18.6. The van der Waals surface area contributed by atoms with Crippen LogP contribution in [0.2, 0.25) is 0 Å². The molecule has 0 amide bonds. The van der Waals surface area contributed by atoms with Gasteiger partial charge in [0.25, 0.3) is 5.71 Å². The number of halogens is 3. The van der Waals surface area contributed by atoms with E-state index in [0.717, 1.165) is 17.6 Å². The Kier molecular flexibility index (Phi) is 5.28. The van der Waals surface area contributed by atoms with Crippen LogP contribution in [0.1, 0.15) is 27.5 Å². The highest BCUT2D eigenvalue weighted by molar-refractivity contribution is 6.04. The molecule has 178 valence electrons. The molecule has 0 spiro atoms. The van der Waals surface area contributed by atoms with Crippen molar-refractivity contribution in [3.8, 4) is 11.5 Å². The number of hydrogen-bond acceptors (Lipinski definition) is 7. The third-order valence-corrected chi connectivity index (χ3v) is 5.72. The van der Waals surface area contributed by atoms with Gasteiger partial charge in [-0.1, -0.05) is 30.3 Å². The molecule has 8 nitrogen and oxygen atoms in total. The summed E-state index contributed by atoms with van der Waals surface area (Å²) in [5, 5.41) is 2.98. The second kappa shape index (κ2) is 8.20. The number of anilines is 1. The Bertz CT molecular complexity index is 1590. The number of hydrogen-bond donors (Lipinski definition) is 2. The number of aromatic nitrogens is 4. The van der Waals surface area contributed by atoms with Gasteiger partial charge in [-0.15, -0.1) is 0 Å². The van der Waals surface area contributed by atoms with Crippen LogP contribution >= 0.6 is 0 Å². The average Bonchev–Trinajstić information content (AvgIpc) is 3.45. The van der Waals surface area contributed by atoms with E-state index in [1.807, 2.05) is 7.05 Å². The van der Waals surface area contributed by atoms with E-state index in [9.17, 15) is 18.0 Å². The van der Waals surface area contributed by atoms with E-state index in [4.69, 9.17) is 10.2 Å². The number of ketones is 1. The molecule has 0 bridgehead atoms. The van der Waals surface area contributed by atoms with Crippen molar-refractivity contribution in [3.63, 3.8) is 0 Å². The van der Waals surface area contributed by atoms with Gasteiger partial charge in [-0.05, 0) is 23.8 Å². The maximum atomic E-state index is 13.4. The molecule has 0 aliphatic heterocycles. The summed E-state index contributed by atoms with van der Waals surface area (Å²) in [5.41, 5.74) is 7.56. The molecule has 0 radical (unpaired) electrons. The Hall–Kier alpha value is -4.25. The molecule has 35 heavy (non-hydrogen) atoms. The highest BCUT2D eigenvalue weighted by Crippen LogP contribution is 2.35. The van der Waals surface area contributed by atoms with Crippen LogP contribution in [-0.4, -0.2) is 32.3 Å². The number of nitrogens with two attached hydrogens (primary N) is 1. The van der Waals surface area contributed by atoms with E-state index < -0.39 is 29.1 Å². The van der Waals surface area contributed by atoms with Gasteiger partial charge < -0.3 is 20.0 Å². The number of benzene rings is 2. The SMILES string of the molecule is CNc1nc2oc(-c3cccc(C(N)C(=O)c4ccccc4C(F)(F)F)c3)nc2c2c1ncn2C.